The fourth-order valence-electron chi connectivity index (χ4n) is 2.37. The first-order chi connectivity index (χ1) is 9.07. The zero-order valence-electron chi connectivity index (χ0n) is 10.8. The summed E-state index contributed by atoms with van der Waals surface area (Å²) in [7, 11) is 0. The number of nitrogens with two attached hydrogens (primary N) is 2. The minimum atomic E-state index is -0.431. The molecule has 19 heavy (non-hydrogen) atoms. The van der Waals surface area contributed by atoms with Crippen molar-refractivity contribution in [2.24, 2.45) is 16.9 Å². The van der Waals surface area contributed by atoms with Crippen LogP contribution in [0.15, 0.2) is 24.3 Å². The first-order valence-electron chi connectivity index (χ1n) is 6.45. The quantitative estimate of drug-likeness (QED) is 0.730. The van der Waals surface area contributed by atoms with Crippen LogP contribution in [-0.2, 0) is 16.0 Å². The molecule has 0 bridgehead atoms. The minimum absolute atomic E-state index is 0.0572. The molecule has 0 radical (unpaired) electrons. The third-order valence-electron chi connectivity index (χ3n) is 3.81. The predicted molar refractivity (Wildman–Crippen MR) is 73.3 cm³/mol. The number of amides is 2. The van der Waals surface area contributed by atoms with Gasteiger partial charge in [0.25, 0.3) is 0 Å². The largest absolute Gasteiger partial charge is 0.369 e. The van der Waals surface area contributed by atoms with Crippen LogP contribution in [0.3, 0.4) is 0 Å². The lowest BCUT2D eigenvalue weighted by Crippen LogP contribution is -2.47. The Bertz CT molecular complexity index is 490. The first kappa shape index (κ1) is 13.5. The van der Waals surface area contributed by atoms with Crippen molar-refractivity contribution < 1.29 is 9.59 Å². The highest BCUT2D eigenvalue weighted by Gasteiger charge is 2.42. The highest BCUT2D eigenvalue weighted by Crippen LogP contribution is 2.41. The van der Waals surface area contributed by atoms with Crippen LogP contribution >= 0.6 is 0 Å². The van der Waals surface area contributed by atoms with Crippen molar-refractivity contribution >= 4 is 17.5 Å². The first-order valence-corrected chi connectivity index (χ1v) is 6.45. The van der Waals surface area contributed by atoms with Gasteiger partial charge in [0, 0.05) is 12.2 Å². The van der Waals surface area contributed by atoms with E-state index in [1.54, 1.807) is 12.1 Å². The van der Waals surface area contributed by atoms with Crippen molar-refractivity contribution in [3.8, 4) is 0 Å². The van der Waals surface area contributed by atoms with Crippen molar-refractivity contribution in [3.05, 3.63) is 29.8 Å². The van der Waals surface area contributed by atoms with E-state index in [2.05, 4.69) is 5.32 Å². The van der Waals surface area contributed by atoms with Crippen LogP contribution in [0.4, 0.5) is 5.69 Å². The Kier molecular flexibility index (Phi) is 3.85. The molecule has 5 nitrogen and oxygen atoms in total. The number of benzene rings is 1. The third-order valence-corrected chi connectivity index (χ3v) is 3.81. The lowest BCUT2D eigenvalue weighted by Gasteiger charge is -2.39. The maximum Gasteiger partial charge on any atom is 0.231 e. The average Bonchev–Trinajstić information content (AvgIpc) is 2.30. The summed E-state index contributed by atoms with van der Waals surface area (Å²) in [6.07, 6.45) is 2.81. The highest BCUT2D eigenvalue weighted by molar-refractivity contribution is 5.97. The number of anilines is 1. The average molecular weight is 261 g/mol. The molecule has 1 aromatic carbocycles. The standard InChI is InChI=1S/C14H19N3O2/c15-9-14(6-3-7-14)13(19)17-11-5-2-1-4-10(11)8-12(16)18/h1-2,4-5H,3,6-9,15H2,(H2,16,18)(H,17,19). The van der Waals surface area contributed by atoms with E-state index in [4.69, 9.17) is 11.5 Å². The van der Waals surface area contributed by atoms with Gasteiger partial charge in [-0.2, -0.15) is 0 Å². The molecule has 5 heteroatoms. The van der Waals surface area contributed by atoms with Gasteiger partial charge in [-0.1, -0.05) is 24.6 Å². The number of nitrogens with one attached hydrogen (secondary N) is 1. The maximum atomic E-state index is 12.3. The number of hydrogen-bond donors (Lipinski definition) is 3. The van der Waals surface area contributed by atoms with Gasteiger partial charge in [-0.25, -0.2) is 0 Å². The number of carbonyl (C=O) groups is 2. The lowest BCUT2D eigenvalue weighted by atomic mass is 9.68. The molecule has 0 spiro atoms. The van der Waals surface area contributed by atoms with Crippen molar-refractivity contribution in [1.82, 2.24) is 0 Å². The summed E-state index contributed by atoms with van der Waals surface area (Å²) < 4.78 is 0. The number of para-hydroxylation sites is 1. The summed E-state index contributed by atoms with van der Waals surface area (Å²) in [5.74, 6) is -0.475. The van der Waals surface area contributed by atoms with E-state index < -0.39 is 11.3 Å². The second-order valence-corrected chi connectivity index (χ2v) is 5.09. The normalized spacial score (nSPS) is 16.5. The van der Waals surface area contributed by atoms with Gasteiger partial charge in [-0.3, -0.25) is 9.59 Å². The van der Waals surface area contributed by atoms with Crippen LogP contribution in [0.25, 0.3) is 0 Å². The minimum Gasteiger partial charge on any atom is -0.369 e. The van der Waals surface area contributed by atoms with Gasteiger partial charge in [-0.15, -0.1) is 0 Å². The molecule has 1 aliphatic carbocycles. The summed E-state index contributed by atoms with van der Waals surface area (Å²) in [5.41, 5.74) is 11.9. The smallest absolute Gasteiger partial charge is 0.231 e. The molecular weight excluding hydrogens is 242 g/mol. The van der Waals surface area contributed by atoms with Crippen LogP contribution in [-0.4, -0.2) is 18.4 Å². The van der Waals surface area contributed by atoms with Crippen LogP contribution in [0.5, 0.6) is 0 Å². The van der Waals surface area contributed by atoms with Crippen molar-refractivity contribution in [2.75, 3.05) is 11.9 Å². The van der Waals surface area contributed by atoms with Gasteiger partial charge in [0.1, 0.15) is 0 Å². The monoisotopic (exact) mass is 261 g/mol. The Hall–Kier alpha value is -1.88. The second-order valence-electron chi connectivity index (χ2n) is 5.09. The van der Waals surface area contributed by atoms with Crippen molar-refractivity contribution in [1.29, 1.82) is 0 Å². The van der Waals surface area contributed by atoms with Crippen molar-refractivity contribution in [2.45, 2.75) is 25.7 Å². The molecule has 0 saturated heterocycles. The van der Waals surface area contributed by atoms with Gasteiger partial charge in [0.15, 0.2) is 0 Å². The summed E-state index contributed by atoms with van der Waals surface area (Å²) in [6.45, 7) is 0.358. The zero-order valence-corrected chi connectivity index (χ0v) is 10.8. The fourth-order valence-corrected chi connectivity index (χ4v) is 2.37. The van der Waals surface area contributed by atoms with Crippen LogP contribution in [0.1, 0.15) is 24.8 Å². The molecule has 2 rings (SSSR count). The second kappa shape index (κ2) is 5.40. The maximum absolute atomic E-state index is 12.3. The van der Waals surface area contributed by atoms with E-state index in [1.807, 2.05) is 12.1 Å². The molecule has 0 atom stereocenters. The Labute approximate surface area is 112 Å². The molecule has 1 aromatic rings. The van der Waals surface area contributed by atoms with E-state index in [-0.39, 0.29) is 12.3 Å². The molecule has 2 amide bonds. The molecule has 0 unspecified atom stereocenters. The van der Waals surface area contributed by atoms with E-state index >= 15 is 0 Å². The Morgan fingerprint density at radius 2 is 1.95 bits per heavy atom. The SMILES string of the molecule is NCC1(C(=O)Nc2ccccc2CC(N)=O)CCC1. The molecule has 102 valence electrons. The molecule has 1 fully saturated rings. The van der Waals surface area contributed by atoms with Gasteiger partial charge in [-0.05, 0) is 24.5 Å². The molecule has 1 saturated carbocycles. The van der Waals surface area contributed by atoms with Crippen molar-refractivity contribution in [3.63, 3.8) is 0 Å². The summed E-state index contributed by atoms with van der Waals surface area (Å²) in [6, 6.07) is 7.20. The molecule has 1 aliphatic rings. The van der Waals surface area contributed by atoms with E-state index in [0.717, 1.165) is 24.8 Å². The molecule has 5 N–H and O–H groups in total. The third kappa shape index (κ3) is 2.76. The van der Waals surface area contributed by atoms with Gasteiger partial charge >= 0.3 is 0 Å². The lowest BCUT2D eigenvalue weighted by molar-refractivity contribution is -0.129. The highest BCUT2D eigenvalue weighted by atomic mass is 16.2. The van der Waals surface area contributed by atoms with Gasteiger partial charge < -0.3 is 16.8 Å². The molecule has 0 aromatic heterocycles. The molecule has 0 aliphatic heterocycles. The van der Waals surface area contributed by atoms with Crippen LogP contribution in [0.2, 0.25) is 0 Å². The zero-order chi connectivity index (χ0) is 13.9. The summed E-state index contributed by atoms with van der Waals surface area (Å²) in [4.78, 5) is 23.3. The Morgan fingerprint density at radius 3 is 2.47 bits per heavy atom. The Balaban J connectivity index is 2.14. The van der Waals surface area contributed by atoms with Crippen LogP contribution < -0.4 is 16.8 Å². The van der Waals surface area contributed by atoms with E-state index in [9.17, 15) is 9.59 Å². The summed E-state index contributed by atoms with van der Waals surface area (Å²) in [5, 5.41) is 2.88. The molecule has 0 heterocycles. The van der Waals surface area contributed by atoms with Gasteiger partial charge in [0.2, 0.25) is 11.8 Å². The van der Waals surface area contributed by atoms with Gasteiger partial charge in [0.05, 0.1) is 11.8 Å². The van der Waals surface area contributed by atoms with E-state index in [0.29, 0.717) is 12.2 Å². The number of primary amides is 1. The number of hydrogen-bond acceptors (Lipinski definition) is 3. The topological polar surface area (TPSA) is 98.2 Å². The Morgan fingerprint density at radius 1 is 1.26 bits per heavy atom. The molecular formula is C14H19N3O2. The van der Waals surface area contributed by atoms with E-state index in [1.165, 1.54) is 0 Å². The number of rotatable bonds is 5. The van der Waals surface area contributed by atoms with Crippen LogP contribution in [0, 0.1) is 5.41 Å². The number of carbonyl (C=O) groups excluding carboxylic acids is 2. The summed E-state index contributed by atoms with van der Waals surface area (Å²) >= 11 is 0. The fraction of sp³-hybridized carbons (Fsp3) is 0.429. The predicted octanol–water partition coefficient (Wildman–Crippen LogP) is 0.782.